The predicted octanol–water partition coefficient (Wildman–Crippen LogP) is 2.14. The van der Waals surface area contributed by atoms with E-state index < -0.39 is 0 Å². The van der Waals surface area contributed by atoms with Crippen molar-refractivity contribution in [2.24, 2.45) is 0 Å². The van der Waals surface area contributed by atoms with E-state index in [9.17, 15) is 5.11 Å². The summed E-state index contributed by atoms with van der Waals surface area (Å²) in [6.07, 6.45) is 3.34. The summed E-state index contributed by atoms with van der Waals surface area (Å²) in [6.45, 7) is 4.23. The number of phenolic OH excluding ortho intramolecular Hbond substituents is 1. The molecule has 1 fully saturated rings. The highest BCUT2D eigenvalue weighted by Crippen LogP contribution is 2.31. The van der Waals surface area contributed by atoms with Gasteiger partial charge in [0, 0.05) is 30.8 Å². The average Bonchev–Trinajstić information content (AvgIpc) is 3.22. The van der Waals surface area contributed by atoms with Gasteiger partial charge in [-0.3, -0.25) is 4.90 Å². The van der Waals surface area contributed by atoms with Crippen LogP contribution >= 0.6 is 0 Å². The molecule has 1 aliphatic carbocycles. The number of phenols is 1. The summed E-state index contributed by atoms with van der Waals surface area (Å²) in [5, 5.41) is 19.1. The molecule has 4 nitrogen and oxygen atoms in total. The Morgan fingerprint density at radius 2 is 2.16 bits per heavy atom. The highest BCUT2D eigenvalue weighted by molar-refractivity contribution is 5.39. The van der Waals surface area contributed by atoms with Crippen molar-refractivity contribution in [3.05, 3.63) is 23.8 Å². The third-order valence-electron chi connectivity index (χ3n) is 3.35. The van der Waals surface area contributed by atoms with Gasteiger partial charge in [-0.15, -0.1) is 0 Å². The van der Waals surface area contributed by atoms with E-state index in [1.165, 1.54) is 12.8 Å². The van der Waals surface area contributed by atoms with Crippen LogP contribution in [0.2, 0.25) is 0 Å². The Bertz CT molecular complexity index is 404. The fourth-order valence-electron chi connectivity index (χ4n) is 2.16. The maximum Gasteiger partial charge on any atom is 0.123 e. The number of aliphatic hydroxyl groups excluding tert-OH is 1. The summed E-state index contributed by atoms with van der Waals surface area (Å²) in [4.78, 5) is 2.22. The zero-order valence-electron chi connectivity index (χ0n) is 11.5. The molecule has 2 N–H and O–H groups in total. The Hall–Kier alpha value is -1.26. The molecule has 1 aromatic rings. The van der Waals surface area contributed by atoms with Crippen LogP contribution in [0.3, 0.4) is 0 Å². The first-order chi connectivity index (χ1) is 9.24. The van der Waals surface area contributed by atoms with Crippen molar-refractivity contribution in [3.63, 3.8) is 0 Å². The van der Waals surface area contributed by atoms with Crippen LogP contribution in [0, 0.1) is 0 Å². The number of rotatable bonds is 8. The standard InChI is InChI=1S/C15H23NO3/c1-2-9-19-14-6-3-12(15(18)10-14)11-16(7-8-17)13-4-5-13/h3,6,10,13,17-18H,2,4-5,7-9,11H2,1H3. The van der Waals surface area contributed by atoms with Gasteiger partial charge in [-0.05, 0) is 25.3 Å². The Morgan fingerprint density at radius 1 is 1.37 bits per heavy atom. The van der Waals surface area contributed by atoms with Gasteiger partial charge in [-0.2, -0.15) is 0 Å². The molecule has 0 unspecified atom stereocenters. The summed E-state index contributed by atoms with van der Waals surface area (Å²) in [7, 11) is 0. The highest BCUT2D eigenvalue weighted by Gasteiger charge is 2.28. The fraction of sp³-hybridized carbons (Fsp3) is 0.600. The van der Waals surface area contributed by atoms with Gasteiger partial charge in [0.15, 0.2) is 0 Å². The van der Waals surface area contributed by atoms with Crippen LogP contribution in [0.25, 0.3) is 0 Å². The van der Waals surface area contributed by atoms with E-state index in [2.05, 4.69) is 11.8 Å². The monoisotopic (exact) mass is 265 g/mol. The predicted molar refractivity (Wildman–Crippen MR) is 74.4 cm³/mol. The minimum atomic E-state index is 0.162. The summed E-state index contributed by atoms with van der Waals surface area (Å²) < 4.78 is 5.49. The third kappa shape index (κ3) is 4.11. The largest absolute Gasteiger partial charge is 0.507 e. The number of ether oxygens (including phenoxy) is 1. The Labute approximate surface area is 114 Å². The smallest absolute Gasteiger partial charge is 0.123 e. The number of aliphatic hydroxyl groups is 1. The Morgan fingerprint density at radius 3 is 2.74 bits per heavy atom. The first-order valence-corrected chi connectivity index (χ1v) is 7.04. The van der Waals surface area contributed by atoms with Crippen LogP contribution in [0.1, 0.15) is 31.7 Å². The fourth-order valence-corrected chi connectivity index (χ4v) is 2.16. The van der Waals surface area contributed by atoms with Crippen LogP contribution in [-0.2, 0) is 6.54 Å². The normalized spacial score (nSPS) is 14.9. The van der Waals surface area contributed by atoms with Gasteiger partial charge in [-0.1, -0.05) is 13.0 Å². The van der Waals surface area contributed by atoms with Gasteiger partial charge in [-0.25, -0.2) is 0 Å². The molecule has 4 heteroatoms. The lowest BCUT2D eigenvalue weighted by molar-refractivity contribution is 0.182. The molecule has 0 heterocycles. The van der Waals surface area contributed by atoms with Gasteiger partial charge >= 0.3 is 0 Å². The van der Waals surface area contributed by atoms with Gasteiger partial charge in [0.05, 0.1) is 13.2 Å². The van der Waals surface area contributed by atoms with Gasteiger partial charge in [0.1, 0.15) is 11.5 Å². The number of hydrogen-bond donors (Lipinski definition) is 2. The minimum absolute atomic E-state index is 0.162. The van der Waals surface area contributed by atoms with Crippen molar-refractivity contribution in [2.75, 3.05) is 19.8 Å². The lowest BCUT2D eigenvalue weighted by atomic mass is 10.1. The van der Waals surface area contributed by atoms with E-state index >= 15 is 0 Å². The van der Waals surface area contributed by atoms with Crippen molar-refractivity contribution < 1.29 is 14.9 Å². The van der Waals surface area contributed by atoms with Crippen LogP contribution in [0.4, 0.5) is 0 Å². The second kappa shape index (κ2) is 6.78. The zero-order chi connectivity index (χ0) is 13.7. The van der Waals surface area contributed by atoms with Crippen LogP contribution < -0.4 is 4.74 Å². The van der Waals surface area contributed by atoms with Gasteiger partial charge in [0.2, 0.25) is 0 Å². The summed E-state index contributed by atoms with van der Waals surface area (Å²) in [6, 6.07) is 6.05. The summed E-state index contributed by atoms with van der Waals surface area (Å²) in [5.41, 5.74) is 0.893. The molecular formula is C15H23NO3. The molecule has 0 radical (unpaired) electrons. The second-order valence-electron chi connectivity index (χ2n) is 5.06. The van der Waals surface area contributed by atoms with Crippen molar-refractivity contribution in [2.45, 2.75) is 38.8 Å². The topological polar surface area (TPSA) is 52.9 Å². The van der Waals surface area contributed by atoms with E-state index in [0.29, 0.717) is 31.5 Å². The molecule has 0 aliphatic heterocycles. The van der Waals surface area contributed by atoms with E-state index in [-0.39, 0.29) is 12.4 Å². The Kier molecular flexibility index (Phi) is 5.05. The van der Waals surface area contributed by atoms with Crippen LogP contribution in [0.15, 0.2) is 18.2 Å². The number of nitrogens with zero attached hydrogens (tertiary/aromatic N) is 1. The summed E-state index contributed by atoms with van der Waals surface area (Å²) in [5.74, 6) is 0.987. The van der Waals surface area contributed by atoms with Crippen molar-refractivity contribution in [1.82, 2.24) is 4.90 Å². The first kappa shape index (κ1) is 14.2. The second-order valence-corrected chi connectivity index (χ2v) is 5.06. The molecule has 0 atom stereocenters. The van der Waals surface area contributed by atoms with Gasteiger partial charge < -0.3 is 14.9 Å². The minimum Gasteiger partial charge on any atom is -0.507 e. The summed E-state index contributed by atoms with van der Waals surface area (Å²) >= 11 is 0. The average molecular weight is 265 g/mol. The first-order valence-electron chi connectivity index (χ1n) is 7.04. The molecule has 0 spiro atoms. The SMILES string of the molecule is CCCOc1ccc(CN(CCO)C2CC2)c(O)c1. The molecule has 0 saturated heterocycles. The lowest BCUT2D eigenvalue weighted by Gasteiger charge is -2.21. The van der Waals surface area contributed by atoms with Crippen LogP contribution in [-0.4, -0.2) is 40.9 Å². The van der Waals surface area contributed by atoms with Crippen molar-refractivity contribution in [3.8, 4) is 11.5 Å². The number of benzene rings is 1. The highest BCUT2D eigenvalue weighted by atomic mass is 16.5. The zero-order valence-corrected chi connectivity index (χ0v) is 11.5. The molecule has 1 aromatic carbocycles. The molecule has 0 bridgehead atoms. The van der Waals surface area contributed by atoms with E-state index in [1.807, 2.05) is 12.1 Å². The maximum absolute atomic E-state index is 10.0. The Balaban J connectivity index is 1.99. The molecule has 0 amide bonds. The molecule has 106 valence electrons. The van der Waals surface area contributed by atoms with Crippen molar-refractivity contribution in [1.29, 1.82) is 0 Å². The molecule has 0 aromatic heterocycles. The van der Waals surface area contributed by atoms with Crippen molar-refractivity contribution >= 4 is 0 Å². The van der Waals surface area contributed by atoms with E-state index in [4.69, 9.17) is 9.84 Å². The molecule has 19 heavy (non-hydrogen) atoms. The number of aromatic hydroxyl groups is 1. The van der Waals surface area contributed by atoms with Gasteiger partial charge in [0.25, 0.3) is 0 Å². The van der Waals surface area contributed by atoms with E-state index in [1.54, 1.807) is 6.07 Å². The lowest BCUT2D eigenvalue weighted by Crippen LogP contribution is -2.28. The molecule has 2 rings (SSSR count). The maximum atomic E-state index is 10.0. The van der Waals surface area contributed by atoms with Crippen LogP contribution in [0.5, 0.6) is 11.5 Å². The number of hydrogen-bond acceptors (Lipinski definition) is 4. The molecule has 1 saturated carbocycles. The quantitative estimate of drug-likeness (QED) is 0.756. The van der Waals surface area contributed by atoms with E-state index in [0.717, 1.165) is 12.0 Å². The molecular weight excluding hydrogens is 242 g/mol. The molecule has 1 aliphatic rings. The third-order valence-corrected chi connectivity index (χ3v) is 3.35.